The van der Waals surface area contributed by atoms with Crippen LogP contribution < -0.4 is 4.72 Å². The van der Waals surface area contributed by atoms with Crippen molar-refractivity contribution in [2.24, 2.45) is 0 Å². The molecule has 0 atom stereocenters. The Labute approximate surface area is 106 Å². The van der Waals surface area contributed by atoms with Crippen LogP contribution in [0.25, 0.3) is 0 Å². The number of imidazole rings is 1. The first kappa shape index (κ1) is 12.6. The number of hydrogen-bond acceptors (Lipinski definition) is 3. The standard InChI is InChI=1S/C12H15N3O2S/c1-9(2)10-3-5-11(6-4-10)15-18(16,17)12-7-13-8-14-12/h3-9,15H,1-2H3,(H,13,14). The number of aromatic amines is 1. The lowest BCUT2D eigenvalue weighted by Gasteiger charge is -2.08. The molecule has 0 amide bonds. The Hall–Kier alpha value is -1.82. The fourth-order valence-electron chi connectivity index (χ4n) is 1.54. The molecule has 0 aliphatic rings. The minimum Gasteiger partial charge on any atom is -0.334 e. The summed E-state index contributed by atoms with van der Waals surface area (Å²) in [7, 11) is -3.57. The summed E-state index contributed by atoms with van der Waals surface area (Å²) in [5.41, 5.74) is 1.70. The van der Waals surface area contributed by atoms with Gasteiger partial charge in [-0.05, 0) is 23.6 Å². The molecule has 1 heterocycles. The van der Waals surface area contributed by atoms with Gasteiger partial charge >= 0.3 is 0 Å². The van der Waals surface area contributed by atoms with Crippen molar-refractivity contribution in [3.63, 3.8) is 0 Å². The Morgan fingerprint density at radius 2 is 1.89 bits per heavy atom. The molecule has 0 saturated heterocycles. The van der Waals surface area contributed by atoms with Gasteiger partial charge in [0.25, 0.3) is 10.0 Å². The number of rotatable bonds is 4. The molecule has 1 aromatic carbocycles. The maximum absolute atomic E-state index is 11.9. The maximum Gasteiger partial charge on any atom is 0.278 e. The third-order valence-corrected chi connectivity index (χ3v) is 3.90. The fourth-order valence-corrected chi connectivity index (χ4v) is 2.50. The first-order valence-electron chi connectivity index (χ1n) is 5.60. The minimum absolute atomic E-state index is 0.0513. The number of aromatic nitrogens is 2. The summed E-state index contributed by atoms with van der Waals surface area (Å²) in [5, 5.41) is 0.0513. The summed E-state index contributed by atoms with van der Waals surface area (Å²) < 4.78 is 26.3. The van der Waals surface area contributed by atoms with Crippen LogP contribution in [0.4, 0.5) is 5.69 Å². The van der Waals surface area contributed by atoms with Crippen LogP contribution >= 0.6 is 0 Å². The summed E-state index contributed by atoms with van der Waals surface area (Å²) in [6.45, 7) is 4.17. The number of benzene rings is 1. The minimum atomic E-state index is -3.57. The van der Waals surface area contributed by atoms with Gasteiger partial charge < -0.3 is 4.98 Å². The molecule has 2 N–H and O–H groups in total. The Morgan fingerprint density at radius 1 is 1.22 bits per heavy atom. The van der Waals surface area contributed by atoms with Crippen molar-refractivity contribution in [3.8, 4) is 0 Å². The van der Waals surface area contributed by atoms with E-state index >= 15 is 0 Å². The fraction of sp³-hybridized carbons (Fsp3) is 0.250. The van der Waals surface area contributed by atoms with Gasteiger partial charge in [0.05, 0.1) is 12.5 Å². The predicted octanol–water partition coefficient (Wildman–Crippen LogP) is 2.33. The first-order valence-corrected chi connectivity index (χ1v) is 7.08. The van der Waals surface area contributed by atoms with Crippen LogP contribution in [0, 0.1) is 0 Å². The molecule has 0 bridgehead atoms. The number of sulfonamides is 1. The lowest BCUT2D eigenvalue weighted by atomic mass is 10.0. The van der Waals surface area contributed by atoms with Gasteiger partial charge in [0.2, 0.25) is 0 Å². The lowest BCUT2D eigenvalue weighted by Crippen LogP contribution is -2.13. The molecule has 0 aliphatic heterocycles. The van der Waals surface area contributed by atoms with Crippen LogP contribution in [0.15, 0.2) is 41.8 Å². The highest BCUT2D eigenvalue weighted by Gasteiger charge is 2.15. The van der Waals surface area contributed by atoms with Gasteiger partial charge in [0, 0.05) is 5.69 Å². The van der Waals surface area contributed by atoms with E-state index in [1.807, 2.05) is 12.1 Å². The molecule has 0 fully saturated rings. The normalized spacial score (nSPS) is 11.7. The van der Waals surface area contributed by atoms with Crippen molar-refractivity contribution in [1.82, 2.24) is 9.97 Å². The van der Waals surface area contributed by atoms with Crippen molar-refractivity contribution < 1.29 is 8.42 Å². The van der Waals surface area contributed by atoms with Gasteiger partial charge in [0.15, 0.2) is 5.03 Å². The number of nitrogens with one attached hydrogen (secondary N) is 2. The van der Waals surface area contributed by atoms with E-state index in [4.69, 9.17) is 0 Å². The summed E-state index contributed by atoms with van der Waals surface area (Å²) in [6.07, 6.45) is 2.60. The van der Waals surface area contributed by atoms with Crippen molar-refractivity contribution in [2.45, 2.75) is 24.8 Å². The molecular weight excluding hydrogens is 250 g/mol. The zero-order chi connectivity index (χ0) is 13.2. The van der Waals surface area contributed by atoms with E-state index in [0.29, 0.717) is 11.6 Å². The van der Waals surface area contributed by atoms with Crippen molar-refractivity contribution in [3.05, 3.63) is 42.4 Å². The van der Waals surface area contributed by atoms with Crippen LogP contribution in [0.5, 0.6) is 0 Å². The average molecular weight is 265 g/mol. The zero-order valence-electron chi connectivity index (χ0n) is 10.2. The molecule has 2 aromatic rings. The van der Waals surface area contributed by atoms with E-state index in [0.717, 1.165) is 0 Å². The molecule has 5 nitrogen and oxygen atoms in total. The molecule has 2 rings (SSSR count). The van der Waals surface area contributed by atoms with Gasteiger partial charge in [-0.1, -0.05) is 26.0 Å². The molecule has 6 heteroatoms. The Bertz CT molecular complexity index is 601. The number of hydrogen-bond donors (Lipinski definition) is 2. The molecule has 0 unspecified atom stereocenters. The number of anilines is 1. The van der Waals surface area contributed by atoms with Crippen molar-refractivity contribution >= 4 is 15.7 Å². The Balaban J connectivity index is 2.20. The molecule has 0 aliphatic carbocycles. The quantitative estimate of drug-likeness (QED) is 0.891. The summed E-state index contributed by atoms with van der Waals surface area (Å²) in [4.78, 5) is 6.26. The smallest absolute Gasteiger partial charge is 0.278 e. The molecular formula is C12H15N3O2S. The van der Waals surface area contributed by atoms with E-state index < -0.39 is 10.0 Å². The Kier molecular flexibility index (Phi) is 3.38. The molecule has 18 heavy (non-hydrogen) atoms. The Morgan fingerprint density at radius 3 is 2.39 bits per heavy atom. The van der Waals surface area contributed by atoms with E-state index in [9.17, 15) is 8.42 Å². The maximum atomic E-state index is 11.9. The second-order valence-electron chi connectivity index (χ2n) is 4.30. The molecule has 0 spiro atoms. The van der Waals surface area contributed by atoms with E-state index in [1.165, 1.54) is 18.1 Å². The molecule has 96 valence electrons. The van der Waals surface area contributed by atoms with Gasteiger partial charge in [0.1, 0.15) is 0 Å². The summed E-state index contributed by atoms with van der Waals surface area (Å²) >= 11 is 0. The van der Waals surface area contributed by atoms with E-state index in [1.54, 1.807) is 12.1 Å². The van der Waals surface area contributed by atoms with Gasteiger partial charge in [-0.3, -0.25) is 4.72 Å². The third-order valence-electron chi connectivity index (χ3n) is 2.59. The second-order valence-corrected chi connectivity index (χ2v) is 5.95. The van der Waals surface area contributed by atoms with Crippen LogP contribution in [-0.2, 0) is 10.0 Å². The number of nitrogens with zero attached hydrogens (tertiary/aromatic N) is 1. The van der Waals surface area contributed by atoms with Gasteiger partial charge in [-0.25, -0.2) is 4.98 Å². The average Bonchev–Trinajstić information content (AvgIpc) is 2.83. The van der Waals surface area contributed by atoms with Crippen LogP contribution in [0.1, 0.15) is 25.3 Å². The highest BCUT2D eigenvalue weighted by atomic mass is 32.2. The highest BCUT2D eigenvalue weighted by molar-refractivity contribution is 7.92. The van der Waals surface area contributed by atoms with Crippen LogP contribution in [0.3, 0.4) is 0 Å². The monoisotopic (exact) mass is 265 g/mol. The largest absolute Gasteiger partial charge is 0.334 e. The van der Waals surface area contributed by atoms with Crippen molar-refractivity contribution in [2.75, 3.05) is 4.72 Å². The highest BCUT2D eigenvalue weighted by Crippen LogP contribution is 2.19. The van der Waals surface area contributed by atoms with Crippen LogP contribution in [0.2, 0.25) is 0 Å². The molecule has 0 saturated carbocycles. The number of H-pyrrole nitrogens is 1. The van der Waals surface area contributed by atoms with Crippen molar-refractivity contribution in [1.29, 1.82) is 0 Å². The zero-order valence-corrected chi connectivity index (χ0v) is 11.0. The van der Waals surface area contributed by atoms with Gasteiger partial charge in [-0.2, -0.15) is 8.42 Å². The predicted molar refractivity (Wildman–Crippen MR) is 69.9 cm³/mol. The molecule has 0 radical (unpaired) electrons. The van der Waals surface area contributed by atoms with Gasteiger partial charge in [-0.15, -0.1) is 0 Å². The topological polar surface area (TPSA) is 74.8 Å². The van der Waals surface area contributed by atoms with E-state index in [-0.39, 0.29) is 5.03 Å². The van der Waals surface area contributed by atoms with E-state index in [2.05, 4.69) is 28.5 Å². The molecule has 1 aromatic heterocycles. The first-order chi connectivity index (χ1) is 8.49. The van der Waals surface area contributed by atoms with Crippen LogP contribution in [-0.4, -0.2) is 18.4 Å². The lowest BCUT2D eigenvalue weighted by molar-refractivity contribution is 0.598. The second kappa shape index (κ2) is 4.81. The third kappa shape index (κ3) is 2.70. The SMILES string of the molecule is CC(C)c1ccc(NS(=O)(=O)c2cnc[nH]2)cc1. The summed E-state index contributed by atoms with van der Waals surface area (Å²) in [5.74, 6) is 0.420. The summed E-state index contributed by atoms with van der Waals surface area (Å²) in [6, 6.07) is 7.33.